The third-order valence-electron chi connectivity index (χ3n) is 2.40. The molecule has 0 spiro atoms. The first-order valence-corrected chi connectivity index (χ1v) is 5.19. The highest BCUT2D eigenvalue weighted by atomic mass is 16.1. The number of nitrogen functional groups attached to an aromatic ring is 1. The summed E-state index contributed by atoms with van der Waals surface area (Å²) in [6, 6.07) is 3.63. The summed E-state index contributed by atoms with van der Waals surface area (Å²) in [6.45, 7) is 2.50. The first-order valence-electron chi connectivity index (χ1n) is 5.19. The molecule has 0 aliphatic heterocycles. The van der Waals surface area contributed by atoms with E-state index in [1.807, 2.05) is 24.9 Å². The molecule has 0 bridgehead atoms. The van der Waals surface area contributed by atoms with Crippen molar-refractivity contribution in [2.24, 2.45) is 5.92 Å². The first kappa shape index (κ1) is 12.3. The highest BCUT2D eigenvalue weighted by Gasteiger charge is 2.14. The van der Waals surface area contributed by atoms with Crippen LogP contribution < -0.4 is 16.0 Å². The lowest BCUT2D eigenvalue weighted by Gasteiger charge is -2.21. The second-order valence-corrected chi connectivity index (χ2v) is 3.85. The lowest BCUT2D eigenvalue weighted by atomic mass is 10.1. The van der Waals surface area contributed by atoms with E-state index in [0.717, 1.165) is 5.82 Å². The van der Waals surface area contributed by atoms with Crippen LogP contribution in [0, 0.1) is 5.92 Å². The lowest BCUT2D eigenvalue weighted by molar-refractivity contribution is -0.123. The minimum absolute atomic E-state index is 0.0299. The molecule has 1 amide bonds. The van der Waals surface area contributed by atoms with Crippen molar-refractivity contribution in [3.8, 4) is 0 Å². The van der Waals surface area contributed by atoms with Gasteiger partial charge >= 0.3 is 0 Å². The molecule has 0 aliphatic rings. The van der Waals surface area contributed by atoms with Gasteiger partial charge in [0.15, 0.2) is 0 Å². The number of amides is 1. The van der Waals surface area contributed by atoms with E-state index in [2.05, 4.69) is 10.3 Å². The van der Waals surface area contributed by atoms with E-state index in [4.69, 9.17) is 5.73 Å². The van der Waals surface area contributed by atoms with Gasteiger partial charge in [-0.25, -0.2) is 4.98 Å². The molecule has 1 unspecified atom stereocenters. The van der Waals surface area contributed by atoms with Gasteiger partial charge in [-0.05, 0) is 12.1 Å². The normalized spacial score (nSPS) is 11.9. The number of carbonyl (C=O) groups is 1. The highest BCUT2D eigenvalue weighted by molar-refractivity contribution is 5.78. The summed E-state index contributed by atoms with van der Waals surface area (Å²) in [6.07, 6.45) is 1.61. The van der Waals surface area contributed by atoms with Crippen LogP contribution >= 0.6 is 0 Å². The van der Waals surface area contributed by atoms with Gasteiger partial charge in [0.1, 0.15) is 5.82 Å². The largest absolute Gasteiger partial charge is 0.397 e. The Hall–Kier alpha value is -1.78. The van der Waals surface area contributed by atoms with Crippen LogP contribution in [-0.4, -0.2) is 31.5 Å². The van der Waals surface area contributed by atoms with Crippen LogP contribution in [0.3, 0.4) is 0 Å². The second-order valence-electron chi connectivity index (χ2n) is 3.85. The molecule has 1 atom stereocenters. The number of hydrogen-bond acceptors (Lipinski definition) is 4. The molecule has 5 nitrogen and oxygen atoms in total. The molecule has 0 saturated carbocycles. The molecule has 1 heterocycles. The van der Waals surface area contributed by atoms with E-state index < -0.39 is 0 Å². The standard InChI is InChI=1S/C11H18N4O/c1-8(11(16)13-2)7-15(3)10-5-4-9(12)6-14-10/h4-6,8H,7,12H2,1-3H3,(H,13,16). The molecule has 3 N–H and O–H groups in total. The SMILES string of the molecule is CNC(=O)C(C)CN(C)c1ccc(N)cn1. The van der Waals surface area contributed by atoms with Crippen molar-refractivity contribution in [3.63, 3.8) is 0 Å². The summed E-state index contributed by atoms with van der Waals surface area (Å²) in [7, 11) is 3.54. The van der Waals surface area contributed by atoms with E-state index in [1.54, 1.807) is 19.3 Å². The van der Waals surface area contributed by atoms with Crippen LogP contribution in [-0.2, 0) is 4.79 Å². The zero-order valence-electron chi connectivity index (χ0n) is 9.90. The van der Waals surface area contributed by atoms with Crippen molar-refractivity contribution < 1.29 is 4.79 Å². The van der Waals surface area contributed by atoms with Gasteiger partial charge in [0.25, 0.3) is 0 Å². The highest BCUT2D eigenvalue weighted by Crippen LogP contribution is 2.12. The molecule has 0 aromatic carbocycles. The number of anilines is 2. The molecule has 88 valence electrons. The van der Waals surface area contributed by atoms with E-state index in [-0.39, 0.29) is 11.8 Å². The topological polar surface area (TPSA) is 71.2 Å². The van der Waals surface area contributed by atoms with Crippen LogP contribution in [0.25, 0.3) is 0 Å². The third-order valence-corrected chi connectivity index (χ3v) is 2.40. The number of aromatic nitrogens is 1. The Labute approximate surface area is 95.7 Å². The Bertz CT molecular complexity index is 350. The number of nitrogens with one attached hydrogen (secondary N) is 1. The van der Waals surface area contributed by atoms with E-state index in [0.29, 0.717) is 12.2 Å². The molecule has 1 aromatic heterocycles. The number of carbonyl (C=O) groups excluding carboxylic acids is 1. The quantitative estimate of drug-likeness (QED) is 0.777. The van der Waals surface area contributed by atoms with Crippen LogP contribution in [0.2, 0.25) is 0 Å². The number of nitrogens with zero attached hydrogens (tertiary/aromatic N) is 2. The minimum atomic E-state index is -0.0747. The molecule has 1 rings (SSSR count). The molecule has 0 saturated heterocycles. The van der Waals surface area contributed by atoms with E-state index in [9.17, 15) is 4.79 Å². The summed E-state index contributed by atoms with van der Waals surface area (Å²) in [4.78, 5) is 17.5. The summed E-state index contributed by atoms with van der Waals surface area (Å²) >= 11 is 0. The first-order chi connectivity index (χ1) is 7.54. The van der Waals surface area contributed by atoms with Gasteiger partial charge in [0.2, 0.25) is 5.91 Å². The number of rotatable bonds is 4. The fraction of sp³-hybridized carbons (Fsp3) is 0.455. The molecular formula is C11H18N4O. The number of hydrogen-bond donors (Lipinski definition) is 2. The van der Waals surface area contributed by atoms with Crippen molar-refractivity contribution in [1.29, 1.82) is 0 Å². The average molecular weight is 222 g/mol. The van der Waals surface area contributed by atoms with Crippen LogP contribution in [0.4, 0.5) is 11.5 Å². The molecule has 1 aromatic rings. The Kier molecular flexibility index (Phi) is 4.10. The summed E-state index contributed by atoms with van der Waals surface area (Å²) < 4.78 is 0. The third kappa shape index (κ3) is 3.12. The molecule has 16 heavy (non-hydrogen) atoms. The Morgan fingerprint density at radius 1 is 1.62 bits per heavy atom. The van der Waals surface area contributed by atoms with Crippen molar-refractivity contribution in [2.75, 3.05) is 31.3 Å². The molecule has 0 fully saturated rings. The maximum absolute atomic E-state index is 11.4. The monoisotopic (exact) mass is 222 g/mol. The summed E-state index contributed by atoms with van der Waals surface area (Å²) in [5, 5.41) is 2.62. The average Bonchev–Trinajstić information content (AvgIpc) is 2.28. The number of pyridine rings is 1. The fourth-order valence-electron chi connectivity index (χ4n) is 1.46. The smallest absolute Gasteiger partial charge is 0.224 e. The van der Waals surface area contributed by atoms with Gasteiger partial charge in [-0.3, -0.25) is 4.79 Å². The molecular weight excluding hydrogens is 204 g/mol. The van der Waals surface area contributed by atoms with Crippen molar-refractivity contribution in [2.45, 2.75) is 6.92 Å². The predicted molar refractivity (Wildman–Crippen MR) is 65.2 cm³/mol. The second kappa shape index (κ2) is 5.34. The van der Waals surface area contributed by atoms with Gasteiger partial charge in [0.05, 0.1) is 17.8 Å². The summed E-state index contributed by atoms with van der Waals surface area (Å²) in [5.74, 6) is 0.765. The Morgan fingerprint density at radius 2 is 2.31 bits per heavy atom. The Balaban J connectivity index is 2.61. The molecule has 5 heteroatoms. The van der Waals surface area contributed by atoms with Crippen molar-refractivity contribution in [3.05, 3.63) is 18.3 Å². The van der Waals surface area contributed by atoms with Crippen molar-refractivity contribution in [1.82, 2.24) is 10.3 Å². The van der Waals surface area contributed by atoms with Gasteiger partial charge in [0, 0.05) is 20.6 Å². The fourth-order valence-corrected chi connectivity index (χ4v) is 1.46. The van der Waals surface area contributed by atoms with E-state index >= 15 is 0 Å². The van der Waals surface area contributed by atoms with Gasteiger partial charge in [-0.15, -0.1) is 0 Å². The summed E-state index contributed by atoms with van der Waals surface area (Å²) in [5.41, 5.74) is 6.19. The number of nitrogens with two attached hydrogens (primary N) is 1. The van der Waals surface area contributed by atoms with Crippen LogP contribution in [0.1, 0.15) is 6.92 Å². The van der Waals surface area contributed by atoms with Crippen LogP contribution in [0.5, 0.6) is 0 Å². The molecule has 0 aliphatic carbocycles. The maximum Gasteiger partial charge on any atom is 0.224 e. The van der Waals surface area contributed by atoms with E-state index in [1.165, 1.54) is 0 Å². The van der Waals surface area contributed by atoms with Crippen molar-refractivity contribution >= 4 is 17.4 Å². The predicted octanol–water partition coefficient (Wildman–Crippen LogP) is 0.482. The minimum Gasteiger partial charge on any atom is -0.397 e. The van der Waals surface area contributed by atoms with Crippen LogP contribution in [0.15, 0.2) is 18.3 Å². The lowest BCUT2D eigenvalue weighted by Crippen LogP contribution is -2.34. The maximum atomic E-state index is 11.4. The molecule has 0 radical (unpaired) electrons. The van der Waals surface area contributed by atoms with Gasteiger partial charge in [-0.1, -0.05) is 6.92 Å². The Morgan fingerprint density at radius 3 is 2.81 bits per heavy atom. The zero-order chi connectivity index (χ0) is 12.1. The van der Waals surface area contributed by atoms with Gasteiger partial charge < -0.3 is 16.0 Å². The zero-order valence-corrected chi connectivity index (χ0v) is 9.90. The van der Waals surface area contributed by atoms with Gasteiger partial charge in [-0.2, -0.15) is 0 Å².